The highest BCUT2D eigenvalue weighted by molar-refractivity contribution is 7.91. The van der Waals surface area contributed by atoms with E-state index in [4.69, 9.17) is 0 Å². The fraction of sp³-hybridized carbons (Fsp3) is 0.250. The van der Waals surface area contributed by atoms with Crippen LogP contribution in [0.15, 0.2) is 64.5 Å². The van der Waals surface area contributed by atoms with Crippen molar-refractivity contribution in [3.8, 4) is 0 Å². The number of hydrogen-bond acceptors (Lipinski definition) is 3. The second kappa shape index (κ2) is 7.92. The lowest BCUT2D eigenvalue weighted by atomic mass is 10.2. The summed E-state index contributed by atoms with van der Waals surface area (Å²) in [4.78, 5) is 12.3. The average molecular weight is 388 g/mol. The van der Waals surface area contributed by atoms with Crippen LogP contribution in [0.25, 0.3) is 10.9 Å². The Kier molecular flexibility index (Phi) is 5.60. The number of amides is 1. The molecule has 0 fully saturated rings. The third-order valence-electron chi connectivity index (χ3n) is 4.33. The summed E-state index contributed by atoms with van der Waals surface area (Å²) in [6.45, 7) is 2.66. The van der Waals surface area contributed by atoms with Gasteiger partial charge in [-0.25, -0.2) is 12.8 Å². The number of hydrogen-bond donors (Lipinski definition) is 1. The van der Waals surface area contributed by atoms with Crippen molar-refractivity contribution in [1.82, 2.24) is 9.88 Å². The minimum Gasteiger partial charge on any atom is -0.355 e. The molecule has 0 aliphatic heterocycles. The highest BCUT2D eigenvalue weighted by Crippen LogP contribution is 2.30. The van der Waals surface area contributed by atoms with Crippen molar-refractivity contribution >= 4 is 26.6 Å². The molecule has 0 unspecified atom stereocenters. The normalized spacial score (nSPS) is 11.6. The molecule has 1 heterocycles. The zero-order valence-corrected chi connectivity index (χ0v) is 15.8. The Morgan fingerprint density at radius 1 is 1.11 bits per heavy atom. The highest BCUT2D eigenvalue weighted by atomic mass is 32.2. The maximum absolute atomic E-state index is 13.2. The molecule has 1 N–H and O–H groups in total. The van der Waals surface area contributed by atoms with Crippen LogP contribution in [-0.4, -0.2) is 25.4 Å². The molecule has 0 aliphatic rings. The van der Waals surface area contributed by atoms with Gasteiger partial charge in [0.2, 0.25) is 15.7 Å². The molecule has 0 saturated heterocycles. The number of halogens is 1. The van der Waals surface area contributed by atoms with E-state index in [0.717, 1.165) is 25.0 Å². The summed E-state index contributed by atoms with van der Waals surface area (Å²) in [5.41, 5.74) is 0.656. The van der Waals surface area contributed by atoms with Gasteiger partial charge in [-0.1, -0.05) is 31.5 Å². The van der Waals surface area contributed by atoms with Crippen LogP contribution < -0.4 is 5.32 Å². The number of carbonyl (C=O) groups excluding carboxylic acids is 1. The lowest BCUT2D eigenvalue weighted by Gasteiger charge is -2.06. The summed E-state index contributed by atoms with van der Waals surface area (Å²) in [6, 6.07) is 11.7. The molecule has 3 aromatic rings. The first-order valence-corrected chi connectivity index (χ1v) is 10.3. The van der Waals surface area contributed by atoms with Crippen molar-refractivity contribution in [3.63, 3.8) is 0 Å². The van der Waals surface area contributed by atoms with E-state index in [1.165, 1.54) is 18.3 Å². The number of para-hydroxylation sites is 1. The predicted octanol–water partition coefficient (Wildman–Crippen LogP) is 3.53. The Morgan fingerprint density at radius 2 is 1.81 bits per heavy atom. The molecule has 1 aromatic heterocycles. The van der Waals surface area contributed by atoms with Crippen LogP contribution in [-0.2, 0) is 21.2 Å². The first-order chi connectivity index (χ1) is 12.9. The lowest BCUT2D eigenvalue weighted by molar-refractivity contribution is -0.121. The molecule has 0 atom stereocenters. The molecular weight excluding hydrogens is 367 g/mol. The fourth-order valence-electron chi connectivity index (χ4n) is 2.91. The molecule has 5 nitrogen and oxygen atoms in total. The SMILES string of the molecule is CCCCNC(=O)Cn1cc(S(=O)(=O)c2ccc(F)cc2)c2ccccc21. The summed E-state index contributed by atoms with van der Waals surface area (Å²) in [5.74, 6) is -0.671. The van der Waals surface area contributed by atoms with E-state index < -0.39 is 15.7 Å². The topological polar surface area (TPSA) is 68.2 Å². The van der Waals surface area contributed by atoms with E-state index in [1.54, 1.807) is 28.8 Å². The van der Waals surface area contributed by atoms with Crippen LogP contribution in [0.4, 0.5) is 4.39 Å². The first-order valence-electron chi connectivity index (χ1n) is 8.78. The van der Waals surface area contributed by atoms with E-state index in [1.807, 2.05) is 6.92 Å². The molecule has 142 valence electrons. The van der Waals surface area contributed by atoms with Crippen LogP contribution in [0.1, 0.15) is 19.8 Å². The Bertz CT molecular complexity index is 1060. The Hall–Kier alpha value is -2.67. The number of carbonyl (C=O) groups is 1. The number of sulfone groups is 1. The Balaban J connectivity index is 1.99. The van der Waals surface area contributed by atoms with Gasteiger partial charge in [-0.15, -0.1) is 0 Å². The monoisotopic (exact) mass is 388 g/mol. The van der Waals surface area contributed by atoms with Gasteiger partial charge in [0.1, 0.15) is 12.4 Å². The van der Waals surface area contributed by atoms with Crippen LogP contribution in [0, 0.1) is 5.82 Å². The van der Waals surface area contributed by atoms with E-state index in [0.29, 0.717) is 17.4 Å². The molecule has 0 bridgehead atoms. The van der Waals surface area contributed by atoms with Crippen molar-refractivity contribution in [3.05, 3.63) is 60.5 Å². The van der Waals surface area contributed by atoms with Crippen LogP contribution in [0.3, 0.4) is 0 Å². The largest absolute Gasteiger partial charge is 0.355 e. The van der Waals surface area contributed by atoms with Crippen molar-refractivity contribution in [2.75, 3.05) is 6.54 Å². The van der Waals surface area contributed by atoms with Crippen LogP contribution in [0.5, 0.6) is 0 Å². The van der Waals surface area contributed by atoms with Crippen molar-refractivity contribution < 1.29 is 17.6 Å². The van der Waals surface area contributed by atoms with Gasteiger partial charge >= 0.3 is 0 Å². The van der Waals surface area contributed by atoms with Gasteiger partial charge in [0.25, 0.3) is 0 Å². The van der Waals surface area contributed by atoms with E-state index in [-0.39, 0.29) is 22.2 Å². The third-order valence-corrected chi connectivity index (χ3v) is 6.13. The predicted molar refractivity (Wildman–Crippen MR) is 102 cm³/mol. The quantitative estimate of drug-likeness (QED) is 0.497. The smallest absolute Gasteiger partial charge is 0.239 e. The van der Waals surface area contributed by atoms with E-state index >= 15 is 0 Å². The van der Waals surface area contributed by atoms with Crippen molar-refractivity contribution in [2.24, 2.45) is 0 Å². The van der Waals surface area contributed by atoms with Gasteiger partial charge in [0.15, 0.2) is 0 Å². The number of rotatable bonds is 7. The highest BCUT2D eigenvalue weighted by Gasteiger charge is 2.23. The Morgan fingerprint density at radius 3 is 2.52 bits per heavy atom. The number of benzene rings is 2. The molecule has 7 heteroatoms. The molecule has 0 radical (unpaired) electrons. The van der Waals surface area contributed by atoms with Crippen molar-refractivity contribution in [2.45, 2.75) is 36.1 Å². The number of aromatic nitrogens is 1. The number of nitrogens with one attached hydrogen (secondary N) is 1. The van der Waals surface area contributed by atoms with Gasteiger partial charge in [0.05, 0.1) is 9.79 Å². The summed E-state index contributed by atoms with van der Waals surface area (Å²) in [6.07, 6.45) is 3.35. The zero-order valence-electron chi connectivity index (χ0n) is 15.0. The van der Waals surface area contributed by atoms with Gasteiger partial charge in [0, 0.05) is 23.6 Å². The van der Waals surface area contributed by atoms with Crippen LogP contribution >= 0.6 is 0 Å². The standard InChI is InChI=1S/C20H21FN2O3S/c1-2-3-12-22-20(24)14-23-13-19(17-6-4-5-7-18(17)23)27(25,26)16-10-8-15(21)9-11-16/h4-11,13H,2-3,12,14H2,1H3,(H,22,24). The molecule has 2 aromatic carbocycles. The number of unbranched alkanes of at least 4 members (excludes halogenated alkanes) is 1. The fourth-order valence-corrected chi connectivity index (χ4v) is 4.39. The van der Waals surface area contributed by atoms with Gasteiger partial charge in [-0.05, 0) is 36.8 Å². The van der Waals surface area contributed by atoms with Crippen molar-refractivity contribution in [1.29, 1.82) is 0 Å². The second-order valence-electron chi connectivity index (χ2n) is 6.30. The van der Waals surface area contributed by atoms with E-state index in [2.05, 4.69) is 5.32 Å². The number of nitrogens with zero attached hydrogens (tertiary/aromatic N) is 1. The molecular formula is C20H21FN2O3S. The summed E-state index contributed by atoms with van der Waals surface area (Å²) < 4.78 is 40.9. The average Bonchev–Trinajstić information content (AvgIpc) is 3.02. The summed E-state index contributed by atoms with van der Waals surface area (Å²) in [5, 5.41) is 3.36. The maximum atomic E-state index is 13.2. The van der Waals surface area contributed by atoms with Gasteiger partial charge in [-0.2, -0.15) is 0 Å². The minimum atomic E-state index is -3.84. The second-order valence-corrected chi connectivity index (χ2v) is 8.22. The lowest BCUT2D eigenvalue weighted by Crippen LogP contribution is -2.28. The van der Waals surface area contributed by atoms with Crippen LogP contribution in [0.2, 0.25) is 0 Å². The summed E-state index contributed by atoms with van der Waals surface area (Å²) in [7, 11) is -3.84. The molecule has 0 aliphatic carbocycles. The minimum absolute atomic E-state index is 0.0131. The van der Waals surface area contributed by atoms with E-state index in [9.17, 15) is 17.6 Å². The Labute approximate surface area is 157 Å². The van der Waals surface area contributed by atoms with Gasteiger partial charge < -0.3 is 9.88 Å². The molecule has 3 rings (SSSR count). The maximum Gasteiger partial charge on any atom is 0.239 e. The third kappa shape index (κ3) is 4.03. The molecule has 27 heavy (non-hydrogen) atoms. The zero-order chi connectivity index (χ0) is 19.4. The van der Waals surface area contributed by atoms with Gasteiger partial charge in [-0.3, -0.25) is 4.79 Å². The summed E-state index contributed by atoms with van der Waals surface area (Å²) >= 11 is 0. The molecule has 1 amide bonds. The number of fused-ring (bicyclic) bond motifs is 1. The first kappa shape index (κ1) is 19.1. The molecule has 0 spiro atoms. The molecule has 0 saturated carbocycles.